The van der Waals surface area contributed by atoms with Gasteiger partial charge in [0.05, 0.1) is 12.4 Å². The molecule has 0 aliphatic heterocycles. The van der Waals surface area contributed by atoms with Crippen molar-refractivity contribution in [1.82, 2.24) is 14.8 Å². The Balaban J connectivity index is 1.99. The molecule has 0 spiro atoms. The number of rotatable bonds is 8. The second-order valence-electron chi connectivity index (χ2n) is 5.49. The molecule has 2 rings (SSSR count). The predicted octanol–water partition coefficient (Wildman–Crippen LogP) is 2.92. The average Bonchev–Trinajstić information content (AvgIpc) is 2.94. The highest BCUT2D eigenvalue weighted by atomic mass is 32.2. The number of ether oxygens (including phenoxy) is 1. The number of anilines is 1. The van der Waals surface area contributed by atoms with E-state index in [2.05, 4.69) is 15.5 Å². The molecule has 1 amide bonds. The third kappa shape index (κ3) is 5.04. The van der Waals surface area contributed by atoms with Gasteiger partial charge in [-0.05, 0) is 18.2 Å². The number of aromatic nitrogens is 3. The molecule has 24 heavy (non-hydrogen) atoms. The zero-order valence-electron chi connectivity index (χ0n) is 14.0. The molecule has 2 aromatic rings. The van der Waals surface area contributed by atoms with Crippen LogP contribution in [0.25, 0.3) is 0 Å². The molecule has 0 bridgehead atoms. The number of thioether (sulfide) groups is 1. The van der Waals surface area contributed by atoms with Crippen molar-refractivity contribution in [3.8, 4) is 0 Å². The zero-order valence-corrected chi connectivity index (χ0v) is 14.8. The Labute approximate surface area is 144 Å². The molecule has 6 nitrogen and oxygen atoms in total. The van der Waals surface area contributed by atoms with Crippen LogP contribution in [0.15, 0.2) is 29.4 Å². The molecule has 1 N–H and O–H groups in total. The number of nitrogens with one attached hydrogen (secondary N) is 1. The molecule has 1 aromatic carbocycles. The minimum Gasteiger partial charge on any atom is -0.383 e. The van der Waals surface area contributed by atoms with Gasteiger partial charge >= 0.3 is 0 Å². The summed E-state index contributed by atoms with van der Waals surface area (Å²) in [6, 6.07) is 5.80. The van der Waals surface area contributed by atoms with Crippen molar-refractivity contribution in [3.05, 3.63) is 35.9 Å². The van der Waals surface area contributed by atoms with Gasteiger partial charge in [0, 0.05) is 25.3 Å². The van der Waals surface area contributed by atoms with Gasteiger partial charge in [-0.2, -0.15) is 0 Å². The van der Waals surface area contributed by atoms with E-state index in [-0.39, 0.29) is 23.4 Å². The monoisotopic (exact) mass is 352 g/mol. The van der Waals surface area contributed by atoms with Crippen LogP contribution in [0.4, 0.5) is 10.1 Å². The Morgan fingerprint density at radius 1 is 1.42 bits per heavy atom. The average molecular weight is 352 g/mol. The van der Waals surface area contributed by atoms with Crippen LogP contribution in [-0.2, 0) is 16.1 Å². The predicted molar refractivity (Wildman–Crippen MR) is 91.7 cm³/mol. The number of carbonyl (C=O) groups is 1. The SMILES string of the molecule is COCCn1c(SCC(=O)Nc2cccc(F)c2)nnc1C(C)C. The van der Waals surface area contributed by atoms with Crippen molar-refractivity contribution in [1.29, 1.82) is 0 Å². The van der Waals surface area contributed by atoms with Crippen LogP contribution in [0.5, 0.6) is 0 Å². The van der Waals surface area contributed by atoms with Gasteiger partial charge in [0.2, 0.25) is 5.91 Å². The molecule has 0 fully saturated rings. The lowest BCUT2D eigenvalue weighted by molar-refractivity contribution is -0.113. The molecular formula is C16H21FN4O2S. The fraction of sp³-hybridized carbons (Fsp3) is 0.438. The van der Waals surface area contributed by atoms with E-state index >= 15 is 0 Å². The van der Waals surface area contributed by atoms with E-state index in [4.69, 9.17) is 4.74 Å². The van der Waals surface area contributed by atoms with Crippen molar-refractivity contribution in [3.63, 3.8) is 0 Å². The summed E-state index contributed by atoms with van der Waals surface area (Å²) in [6.45, 7) is 5.25. The standard InChI is InChI=1S/C16H21FN4O2S/c1-11(2)15-19-20-16(21(15)7-8-23-3)24-10-14(22)18-13-6-4-5-12(17)9-13/h4-6,9,11H,7-8,10H2,1-3H3,(H,18,22). The van der Waals surface area contributed by atoms with Crippen LogP contribution < -0.4 is 5.32 Å². The summed E-state index contributed by atoms with van der Waals surface area (Å²) in [5.41, 5.74) is 0.435. The van der Waals surface area contributed by atoms with E-state index in [1.807, 2.05) is 18.4 Å². The summed E-state index contributed by atoms with van der Waals surface area (Å²) in [6.07, 6.45) is 0. The topological polar surface area (TPSA) is 69.0 Å². The molecule has 8 heteroatoms. The first kappa shape index (κ1) is 18.4. The molecular weight excluding hydrogens is 331 g/mol. The lowest BCUT2D eigenvalue weighted by atomic mass is 10.2. The normalized spacial score (nSPS) is 11.0. The first-order valence-electron chi connectivity index (χ1n) is 7.61. The van der Waals surface area contributed by atoms with Crippen LogP contribution in [0.3, 0.4) is 0 Å². The number of hydrogen-bond acceptors (Lipinski definition) is 5. The molecule has 130 valence electrons. The Bertz CT molecular complexity index is 690. The highest BCUT2D eigenvalue weighted by molar-refractivity contribution is 7.99. The van der Waals surface area contributed by atoms with Crippen LogP contribution >= 0.6 is 11.8 Å². The van der Waals surface area contributed by atoms with Gasteiger partial charge in [-0.15, -0.1) is 10.2 Å². The zero-order chi connectivity index (χ0) is 17.5. The van der Waals surface area contributed by atoms with Crippen molar-refractivity contribution >= 4 is 23.4 Å². The summed E-state index contributed by atoms with van der Waals surface area (Å²) in [7, 11) is 1.64. The Morgan fingerprint density at radius 3 is 2.88 bits per heavy atom. The van der Waals surface area contributed by atoms with E-state index in [9.17, 15) is 9.18 Å². The lowest BCUT2D eigenvalue weighted by Crippen LogP contribution is -2.15. The van der Waals surface area contributed by atoms with Gasteiger partial charge in [0.1, 0.15) is 11.6 Å². The van der Waals surface area contributed by atoms with Gasteiger partial charge in [-0.25, -0.2) is 4.39 Å². The summed E-state index contributed by atoms with van der Waals surface area (Å²) >= 11 is 1.30. The number of benzene rings is 1. The van der Waals surface area contributed by atoms with Crippen molar-refractivity contribution < 1.29 is 13.9 Å². The summed E-state index contributed by atoms with van der Waals surface area (Å²) < 4.78 is 20.2. The second-order valence-corrected chi connectivity index (χ2v) is 6.43. The molecule has 0 atom stereocenters. The van der Waals surface area contributed by atoms with Crippen LogP contribution in [-0.4, -0.2) is 40.1 Å². The number of methoxy groups -OCH3 is 1. The third-order valence-corrected chi connectivity index (χ3v) is 4.19. The Kier molecular flexibility index (Phi) is 6.74. The number of halogens is 1. The van der Waals surface area contributed by atoms with Crippen molar-refractivity contribution in [2.75, 3.05) is 24.8 Å². The first-order valence-corrected chi connectivity index (χ1v) is 8.60. The quantitative estimate of drug-likeness (QED) is 0.740. The number of hydrogen-bond donors (Lipinski definition) is 1. The molecule has 1 aromatic heterocycles. The highest BCUT2D eigenvalue weighted by Crippen LogP contribution is 2.21. The molecule has 0 aliphatic carbocycles. The van der Waals surface area contributed by atoms with E-state index in [1.165, 1.54) is 23.9 Å². The van der Waals surface area contributed by atoms with Crippen molar-refractivity contribution in [2.24, 2.45) is 0 Å². The van der Waals surface area contributed by atoms with Gasteiger partial charge in [-0.1, -0.05) is 31.7 Å². The maximum absolute atomic E-state index is 13.1. The van der Waals surface area contributed by atoms with Gasteiger partial charge in [-0.3, -0.25) is 4.79 Å². The Hall–Kier alpha value is -1.93. The van der Waals surface area contributed by atoms with Crippen molar-refractivity contribution in [2.45, 2.75) is 31.5 Å². The molecule has 0 aliphatic rings. The number of amides is 1. The third-order valence-electron chi connectivity index (χ3n) is 3.22. The maximum Gasteiger partial charge on any atom is 0.234 e. The van der Waals surface area contributed by atoms with Gasteiger partial charge < -0.3 is 14.6 Å². The van der Waals surface area contributed by atoms with E-state index in [0.29, 0.717) is 24.0 Å². The van der Waals surface area contributed by atoms with E-state index in [1.54, 1.807) is 19.2 Å². The maximum atomic E-state index is 13.1. The van der Waals surface area contributed by atoms with E-state index < -0.39 is 0 Å². The number of carbonyl (C=O) groups excluding carboxylic acids is 1. The van der Waals surface area contributed by atoms with Gasteiger partial charge in [0.15, 0.2) is 5.16 Å². The fourth-order valence-corrected chi connectivity index (χ4v) is 2.89. The molecule has 0 saturated heterocycles. The summed E-state index contributed by atoms with van der Waals surface area (Å²) in [5, 5.41) is 11.7. The van der Waals surface area contributed by atoms with Crippen LogP contribution in [0.2, 0.25) is 0 Å². The Morgan fingerprint density at radius 2 is 2.21 bits per heavy atom. The smallest absolute Gasteiger partial charge is 0.234 e. The molecule has 0 unspecified atom stereocenters. The summed E-state index contributed by atoms with van der Waals surface area (Å²) in [5.74, 6) is 0.643. The minimum atomic E-state index is -0.388. The fourth-order valence-electron chi connectivity index (χ4n) is 2.12. The largest absolute Gasteiger partial charge is 0.383 e. The van der Waals surface area contributed by atoms with Gasteiger partial charge in [0.25, 0.3) is 0 Å². The lowest BCUT2D eigenvalue weighted by Gasteiger charge is -2.11. The number of nitrogens with zero attached hydrogens (tertiary/aromatic N) is 3. The molecule has 1 heterocycles. The van der Waals surface area contributed by atoms with Crippen LogP contribution in [0.1, 0.15) is 25.6 Å². The first-order chi connectivity index (χ1) is 11.5. The second kappa shape index (κ2) is 8.79. The van der Waals surface area contributed by atoms with E-state index in [0.717, 1.165) is 5.82 Å². The highest BCUT2D eigenvalue weighted by Gasteiger charge is 2.16. The molecule has 0 saturated carbocycles. The summed E-state index contributed by atoms with van der Waals surface area (Å²) in [4.78, 5) is 12.0. The van der Waals surface area contributed by atoms with Crippen LogP contribution in [0, 0.1) is 5.82 Å². The molecule has 0 radical (unpaired) electrons. The minimum absolute atomic E-state index is 0.166.